The highest BCUT2D eigenvalue weighted by atomic mass is 32.2. The van der Waals surface area contributed by atoms with E-state index in [1.54, 1.807) is 16.7 Å². The summed E-state index contributed by atoms with van der Waals surface area (Å²) in [5.74, 6) is 0.0151. The number of oxime groups is 1. The van der Waals surface area contributed by atoms with Crippen molar-refractivity contribution in [2.75, 3.05) is 11.4 Å². The van der Waals surface area contributed by atoms with Gasteiger partial charge in [0.25, 0.3) is 5.91 Å². The summed E-state index contributed by atoms with van der Waals surface area (Å²) < 4.78 is 0. The van der Waals surface area contributed by atoms with Gasteiger partial charge in [-0.2, -0.15) is 0 Å². The Kier molecular flexibility index (Phi) is 2.75. The summed E-state index contributed by atoms with van der Waals surface area (Å²) in [6, 6.07) is 13.5. The van der Waals surface area contributed by atoms with Gasteiger partial charge >= 0.3 is 0 Å². The number of hydrogen-bond donors (Lipinski definition) is 1. The summed E-state index contributed by atoms with van der Waals surface area (Å²) in [6.45, 7) is 0.539. The van der Waals surface area contributed by atoms with Crippen molar-refractivity contribution in [1.82, 2.24) is 0 Å². The van der Waals surface area contributed by atoms with Crippen molar-refractivity contribution in [2.24, 2.45) is 5.16 Å². The minimum absolute atomic E-state index is 0.0151. The lowest BCUT2D eigenvalue weighted by Crippen LogP contribution is -2.37. The molecule has 1 N–H and O–H groups in total. The molecule has 2 aliphatic rings. The Bertz CT molecular complexity index is 786. The summed E-state index contributed by atoms with van der Waals surface area (Å²) in [5.41, 5.74) is 3.08. The van der Waals surface area contributed by atoms with Crippen molar-refractivity contribution >= 4 is 29.1 Å². The SMILES string of the molecule is O=C1c2ccccc2Sc2cccc3c2N1CCC3=NO. The van der Waals surface area contributed by atoms with Crippen LogP contribution in [0.3, 0.4) is 0 Å². The van der Waals surface area contributed by atoms with Gasteiger partial charge in [0.2, 0.25) is 0 Å². The second kappa shape index (κ2) is 4.63. The minimum Gasteiger partial charge on any atom is -0.411 e. The molecular formula is C16H12N2O2S. The smallest absolute Gasteiger partial charge is 0.259 e. The van der Waals surface area contributed by atoms with Gasteiger partial charge in [-0.3, -0.25) is 4.79 Å². The number of hydrogen-bond acceptors (Lipinski definition) is 4. The molecule has 2 aromatic rings. The molecule has 0 unspecified atom stereocenters. The zero-order valence-electron chi connectivity index (χ0n) is 11.1. The van der Waals surface area contributed by atoms with Gasteiger partial charge in [0.05, 0.1) is 17.0 Å². The molecule has 2 aliphatic heterocycles. The molecule has 0 saturated heterocycles. The third kappa shape index (κ3) is 1.77. The van der Waals surface area contributed by atoms with Crippen LogP contribution in [0.15, 0.2) is 57.4 Å². The number of carbonyl (C=O) groups excluding carboxylic acids is 1. The summed E-state index contributed by atoms with van der Waals surface area (Å²) in [7, 11) is 0. The predicted molar refractivity (Wildman–Crippen MR) is 81.6 cm³/mol. The zero-order valence-corrected chi connectivity index (χ0v) is 11.9. The first kappa shape index (κ1) is 12.5. The Hall–Kier alpha value is -2.27. The highest BCUT2D eigenvalue weighted by Crippen LogP contribution is 2.44. The molecular weight excluding hydrogens is 284 g/mol. The molecule has 0 radical (unpaired) electrons. The fourth-order valence-corrected chi connectivity index (χ4v) is 4.00. The summed E-state index contributed by atoms with van der Waals surface area (Å²) in [4.78, 5) is 16.6. The number of carbonyl (C=O) groups is 1. The molecule has 0 saturated carbocycles. The van der Waals surface area contributed by atoms with E-state index in [-0.39, 0.29) is 5.91 Å². The van der Waals surface area contributed by atoms with Crippen LogP contribution >= 0.6 is 11.8 Å². The number of fused-ring (bicyclic) bond motifs is 1. The van der Waals surface area contributed by atoms with Crippen LogP contribution in [0.25, 0.3) is 0 Å². The molecule has 104 valence electrons. The quantitative estimate of drug-likeness (QED) is 0.599. The van der Waals surface area contributed by atoms with Crippen LogP contribution in [0.1, 0.15) is 22.3 Å². The van der Waals surface area contributed by atoms with Crippen LogP contribution in [0.5, 0.6) is 0 Å². The predicted octanol–water partition coefficient (Wildman–Crippen LogP) is 3.38. The number of anilines is 1. The normalized spacial score (nSPS) is 18.2. The van der Waals surface area contributed by atoms with Crippen molar-refractivity contribution in [3.8, 4) is 0 Å². The van der Waals surface area contributed by atoms with Gasteiger partial charge in [-0.1, -0.05) is 41.2 Å². The van der Waals surface area contributed by atoms with Gasteiger partial charge in [0, 0.05) is 28.3 Å². The summed E-state index contributed by atoms with van der Waals surface area (Å²) in [5, 5.41) is 12.6. The average molecular weight is 296 g/mol. The van der Waals surface area contributed by atoms with E-state index in [0.717, 1.165) is 26.6 Å². The van der Waals surface area contributed by atoms with Gasteiger partial charge in [-0.15, -0.1) is 0 Å². The molecule has 0 atom stereocenters. The standard InChI is InChI=1S/C16H12N2O2S/c19-16-11-4-1-2-6-13(11)21-14-7-3-5-10-12(17-20)8-9-18(16)15(10)14/h1-7,20H,8-9H2. The summed E-state index contributed by atoms with van der Waals surface area (Å²) in [6.07, 6.45) is 0.561. The monoisotopic (exact) mass is 296 g/mol. The first-order valence-corrected chi connectivity index (χ1v) is 7.54. The van der Waals surface area contributed by atoms with Crippen molar-refractivity contribution in [3.05, 3.63) is 53.6 Å². The lowest BCUT2D eigenvalue weighted by molar-refractivity contribution is 0.0984. The lowest BCUT2D eigenvalue weighted by atomic mass is 9.99. The maximum atomic E-state index is 12.8. The maximum Gasteiger partial charge on any atom is 0.259 e. The van der Waals surface area contributed by atoms with Gasteiger partial charge in [-0.25, -0.2) is 0 Å². The Morgan fingerprint density at radius 2 is 1.81 bits per heavy atom. The van der Waals surface area contributed by atoms with E-state index >= 15 is 0 Å². The maximum absolute atomic E-state index is 12.8. The van der Waals surface area contributed by atoms with Gasteiger partial charge in [-0.05, 0) is 18.2 Å². The van der Waals surface area contributed by atoms with Gasteiger partial charge in [0.1, 0.15) is 0 Å². The lowest BCUT2D eigenvalue weighted by Gasteiger charge is -2.30. The molecule has 4 rings (SSSR count). The minimum atomic E-state index is 0.0151. The van der Waals surface area contributed by atoms with Crippen LogP contribution in [-0.2, 0) is 0 Å². The van der Waals surface area contributed by atoms with Gasteiger partial charge < -0.3 is 10.1 Å². The van der Waals surface area contributed by atoms with E-state index in [0.29, 0.717) is 18.7 Å². The molecule has 0 fully saturated rings. The van der Waals surface area contributed by atoms with Gasteiger partial charge in [0.15, 0.2) is 0 Å². The number of para-hydroxylation sites is 1. The van der Waals surface area contributed by atoms with Crippen LogP contribution in [0.4, 0.5) is 5.69 Å². The first-order valence-electron chi connectivity index (χ1n) is 6.72. The Morgan fingerprint density at radius 3 is 2.67 bits per heavy atom. The number of benzene rings is 2. The van der Waals surface area contributed by atoms with Crippen molar-refractivity contribution < 1.29 is 10.0 Å². The molecule has 0 bridgehead atoms. The molecule has 0 aliphatic carbocycles. The second-order valence-electron chi connectivity index (χ2n) is 5.00. The van der Waals surface area contributed by atoms with Crippen LogP contribution in [-0.4, -0.2) is 23.4 Å². The largest absolute Gasteiger partial charge is 0.411 e. The topological polar surface area (TPSA) is 52.9 Å². The molecule has 2 aromatic carbocycles. The first-order chi connectivity index (χ1) is 10.3. The van der Waals surface area contributed by atoms with Crippen molar-refractivity contribution in [3.63, 3.8) is 0 Å². The number of rotatable bonds is 0. The van der Waals surface area contributed by atoms with Crippen molar-refractivity contribution in [2.45, 2.75) is 16.2 Å². The molecule has 0 spiro atoms. The highest BCUT2D eigenvalue weighted by molar-refractivity contribution is 7.99. The zero-order chi connectivity index (χ0) is 14.4. The number of amides is 1. The fourth-order valence-electron chi connectivity index (χ4n) is 2.88. The van der Waals surface area contributed by atoms with Crippen LogP contribution in [0, 0.1) is 0 Å². The second-order valence-corrected chi connectivity index (χ2v) is 6.09. The molecule has 4 nitrogen and oxygen atoms in total. The Labute approximate surface area is 126 Å². The molecule has 21 heavy (non-hydrogen) atoms. The van der Waals surface area contributed by atoms with Crippen LogP contribution in [0.2, 0.25) is 0 Å². The average Bonchev–Trinajstić information content (AvgIpc) is 2.65. The van der Waals surface area contributed by atoms with E-state index in [2.05, 4.69) is 5.16 Å². The fraction of sp³-hybridized carbons (Fsp3) is 0.125. The van der Waals surface area contributed by atoms with Crippen molar-refractivity contribution in [1.29, 1.82) is 0 Å². The molecule has 0 aromatic heterocycles. The van der Waals surface area contributed by atoms with E-state index in [1.165, 1.54) is 0 Å². The Balaban J connectivity index is 2.00. The van der Waals surface area contributed by atoms with E-state index in [9.17, 15) is 10.0 Å². The number of nitrogens with zero attached hydrogens (tertiary/aromatic N) is 2. The van der Waals surface area contributed by atoms with E-state index in [1.807, 2.05) is 42.5 Å². The summed E-state index contributed by atoms with van der Waals surface area (Å²) >= 11 is 1.59. The van der Waals surface area contributed by atoms with E-state index in [4.69, 9.17) is 0 Å². The van der Waals surface area contributed by atoms with Crippen LogP contribution < -0.4 is 4.90 Å². The molecule has 1 amide bonds. The highest BCUT2D eigenvalue weighted by Gasteiger charge is 2.33. The Morgan fingerprint density at radius 1 is 1.05 bits per heavy atom. The third-order valence-electron chi connectivity index (χ3n) is 3.86. The molecule has 2 heterocycles. The third-order valence-corrected chi connectivity index (χ3v) is 4.98. The molecule has 5 heteroatoms. The van der Waals surface area contributed by atoms with E-state index < -0.39 is 0 Å².